The van der Waals surface area contributed by atoms with Crippen molar-refractivity contribution in [3.63, 3.8) is 0 Å². The first-order chi connectivity index (χ1) is 10.1. The highest BCUT2D eigenvalue weighted by Gasteiger charge is 2.17. The molecule has 0 saturated carbocycles. The van der Waals surface area contributed by atoms with Gasteiger partial charge in [0.1, 0.15) is 17.1 Å². The molecule has 0 aliphatic heterocycles. The minimum absolute atomic E-state index is 0.0764. The smallest absolute Gasteiger partial charge is 0.151 e. The number of halogens is 2. The number of benzene rings is 2. The Morgan fingerprint density at radius 1 is 1.29 bits per heavy atom. The van der Waals surface area contributed by atoms with Crippen LogP contribution in [0.5, 0.6) is 5.75 Å². The summed E-state index contributed by atoms with van der Waals surface area (Å²) in [5.41, 5.74) is 1.53. The first kappa shape index (κ1) is 13.9. The molecular formula is C16H14ClFN2O. The van der Waals surface area contributed by atoms with Crippen molar-refractivity contribution in [1.82, 2.24) is 9.55 Å². The number of hydrogen-bond acceptors (Lipinski definition) is 2. The first-order valence-electron chi connectivity index (χ1n) is 6.75. The summed E-state index contributed by atoms with van der Waals surface area (Å²) in [7, 11) is 0. The van der Waals surface area contributed by atoms with Gasteiger partial charge < -0.3 is 9.67 Å². The molecule has 0 aliphatic carbocycles. The maximum Gasteiger partial charge on any atom is 0.151 e. The zero-order chi connectivity index (χ0) is 15.0. The Morgan fingerprint density at radius 2 is 2.10 bits per heavy atom. The van der Waals surface area contributed by atoms with Crippen LogP contribution in [0.25, 0.3) is 22.4 Å². The molecule has 0 fully saturated rings. The summed E-state index contributed by atoms with van der Waals surface area (Å²) in [6.07, 6.45) is 0.871. The summed E-state index contributed by atoms with van der Waals surface area (Å²) < 4.78 is 15.9. The number of nitrogens with zero attached hydrogens (tertiary/aromatic N) is 2. The average Bonchev–Trinajstić information content (AvgIpc) is 2.82. The molecule has 1 aromatic heterocycles. The molecule has 0 amide bonds. The topological polar surface area (TPSA) is 38.0 Å². The van der Waals surface area contributed by atoms with Gasteiger partial charge in [0.25, 0.3) is 0 Å². The largest absolute Gasteiger partial charge is 0.507 e. The van der Waals surface area contributed by atoms with Crippen molar-refractivity contribution in [2.75, 3.05) is 0 Å². The molecule has 0 aliphatic rings. The molecule has 0 spiro atoms. The monoisotopic (exact) mass is 304 g/mol. The van der Waals surface area contributed by atoms with E-state index >= 15 is 0 Å². The van der Waals surface area contributed by atoms with Gasteiger partial charge in [-0.25, -0.2) is 9.37 Å². The normalized spacial score (nSPS) is 11.2. The molecule has 0 saturated heterocycles. The van der Waals surface area contributed by atoms with Crippen LogP contribution in [0.15, 0.2) is 36.4 Å². The van der Waals surface area contributed by atoms with Gasteiger partial charge in [-0.05, 0) is 36.8 Å². The number of phenols is 1. The van der Waals surface area contributed by atoms with Gasteiger partial charge in [0, 0.05) is 11.6 Å². The van der Waals surface area contributed by atoms with Crippen molar-refractivity contribution in [1.29, 1.82) is 0 Å². The Bertz CT molecular complexity index is 813. The standard InChI is InChI=1S/C16H14ClFN2O/c1-2-8-20-13-5-3-4-12(18)15(13)19-16(20)11-9-10(17)6-7-14(11)21/h3-7,9,21H,2,8H2,1H3. The highest BCUT2D eigenvalue weighted by molar-refractivity contribution is 6.30. The molecule has 1 heterocycles. The van der Waals surface area contributed by atoms with Gasteiger partial charge in [-0.2, -0.15) is 0 Å². The highest BCUT2D eigenvalue weighted by Crippen LogP contribution is 2.34. The summed E-state index contributed by atoms with van der Waals surface area (Å²) in [6.45, 7) is 2.72. The second-order valence-electron chi connectivity index (χ2n) is 4.86. The number of para-hydroxylation sites is 1. The predicted octanol–water partition coefficient (Wildman–Crippen LogP) is 4.61. The molecule has 5 heteroatoms. The number of phenolic OH excluding ortho intramolecular Hbond substituents is 1. The van der Waals surface area contributed by atoms with Crippen LogP contribution in [-0.4, -0.2) is 14.7 Å². The molecule has 108 valence electrons. The van der Waals surface area contributed by atoms with Crippen LogP contribution in [0.1, 0.15) is 13.3 Å². The third kappa shape index (κ3) is 2.36. The van der Waals surface area contributed by atoms with Crippen LogP contribution < -0.4 is 0 Å². The zero-order valence-corrected chi connectivity index (χ0v) is 12.2. The average molecular weight is 305 g/mol. The molecule has 1 N–H and O–H groups in total. The van der Waals surface area contributed by atoms with Gasteiger partial charge in [-0.1, -0.05) is 24.6 Å². The van der Waals surface area contributed by atoms with E-state index in [0.29, 0.717) is 34.0 Å². The lowest BCUT2D eigenvalue weighted by Gasteiger charge is -2.09. The Kier molecular flexibility index (Phi) is 3.55. The molecule has 3 nitrogen and oxygen atoms in total. The fourth-order valence-corrected chi connectivity index (χ4v) is 2.63. The van der Waals surface area contributed by atoms with Crippen molar-refractivity contribution >= 4 is 22.6 Å². The van der Waals surface area contributed by atoms with Crippen LogP contribution in [-0.2, 0) is 6.54 Å². The van der Waals surface area contributed by atoms with Gasteiger partial charge in [-0.15, -0.1) is 0 Å². The van der Waals surface area contributed by atoms with Gasteiger partial charge in [0.05, 0.1) is 11.1 Å². The van der Waals surface area contributed by atoms with E-state index in [1.54, 1.807) is 18.2 Å². The van der Waals surface area contributed by atoms with E-state index in [2.05, 4.69) is 4.98 Å². The number of aryl methyl sites for hydroxylation is 1. The van der Waals surface area contributed by atoms with Crippen molar-refractivity contribution < 1.29 is 9.50 Å². The minimum Gasteiger partial charge on any atom is -0.507 e. The summed E-state index contributed by atoms with van der Waals surface area (Å²) >= 11 is 6.00. The molecule has 0 atom stereocenters. The van der Waals surface area contributed by atoms with Crippen molar-refractivity contribution in [2.24, 2.45) is 0 Å². The van der Waals surface area contributed by atoms with Gasteiger partial charge in [-0.3, -0.25) is 0 Å². The van der Waals surface area contributed by atoms with E-state index in [1.165, 1.54) is 12.1 Å². The van der Waals surface area contributed by atoms with E-state index in [0.717, 1.165) is 6.42 Å². The number of fused-ring (bicyclic) bond motifs is 1. The second kappa shape index (κ2) is 5.37. The van der Waals surface area contributed by atoms with Crippen molar-refractivity contribution in [2.45, 2.75) is 19.9 Å². The molecule has 0 bridgehead atoms. The van der Waals surface area contributed by atoms with Crippen molar-refractivity contribution in [3.05, 3.63) is 47.2 Å². The van der Waals surface area contributed by atoms with Crippen LogP contribution in [0, 0.1) is 5.82 Å². The summed E-state index contributed by atoms with van der Waals surface area (Å²) in [5.74, 6) is 0.231. The lowest BCUT2D eigenvalue weighted by Crippen LogP contribution is -1.99. The fourth-order valence-electron chi connectivity index (χ4n) is 2.46. The molecular weight excluding hydrogens is 291 g/mol. The van der Waals surface area contributed by atoms with E-state index < -0.39 is 0 Å². The SMILES string of the molecule is CCCn1c(-c2cc(Cl)ccc2O)nc2c(F)cccc21. The Hall–Kier alpha value is -2.07. The Balaban J connectivity index is 2.33. The summed E-state index contributed by atoms with van der Waals surface area (Å²) in [4.78, 5) is 4.37. The van der Waals surface area contributed by atoms with E-state index in [-0.39, 0.29) is 11.6 Å². The fraction of sp³-hybridized carbons (Fsp3) is 0.188. The number of rotatable bonds is 3. The molecule has 0 radical (unpaired) electrons. The predicted molar refractivity (Wildman–Crippen MR) is 82.1 cm³/mol. The quantitative estimate of drug-likeness (QED) is 0.767. The number of hydrogen-bond donors (Lipinski definition) is 1. The van der Waals surface area contributed by atoms with Gasteiger partial charge in [0.15, 0.2) is 5.82 Å². The van der Waals surface area contributed by atoms with Gasteiger partial charge in [0.2, 0.25) is 0 Å². The number of aromatic hydroxyl groups is 1. The van der Waals surface area contributed by atoms with E-state index in [4.69, 9.17) is 11.6 Å². The third-order valence-corrected chi connectivity index (χ3v) is 3.61. The highest BCUT2D eigenvalue weighted by atomic mass is 35.5. The molecule has 2 aromatic carbocycles. The van der Waals surface area contributed by atoms with E-state index in [9.17, 15) is 9.50 Å². The van der Waals surface area contributed by atoms with Gasteiger partial charge >= 0.3 is 0 Å². The van der Waals surface area contributed by atoms with Crippen LogP contribution >= 0.6 is 11.6 Å². The molecule has 3 rings (SSSR count). The maximum atomic E-state index is 14.0. The Labute approximate surface area is 126 Å². The van der Waals surface area contributed by atoms with Crippen LogP contribution in [0.3, 0.4) is 0 Å². The summed E-state index contributed by atoms with van der Waals surface area (Å²) in [5, 5.41) is 10.6. The number of aromatic nitrogens is 2. The zero-order valence-electron chi connectivity index (χ0n) is 11.5. The van der Waals surface area contributed by atoms with Crippen molar-refractivity contribution in [3.8, 4) is 17.1 Å². The lowest BCUT2D eigenvalue weighted by atomic mass is 10.2. The molecule has 21 heavy (non-hydrogen) atoms. The van der Waals surface area contributed by atoms with E-state index in [1.807, 2.05) is 17.6 Å². The maximum absolute atomic E-state index is 14.0. The first-order valence-corrected chi connectivity index (χ1v) is 7.13. The summed E-state index contributed by atoms with van der Waals surface area (Å²) in [6, 6.07) is 9.63. The minimum atomic E-state index is -0.370. The molecule has 0 unspecified atom stereocenters. The van der Waals surface area contributed by atoms with Crippen LogP contribution in [0.4, 0.5) is 4.39 Å². The lowest BCUT2D eigenvalue weighted by molar-refractivity contribution is 0.476. The second-order valence-corrected chi connectivity index (χ2v) is 5.29. The third-order valence-electron chi connectivity index (χ3n) is 3.38. The number of imidazole rings is 1. The molecule has 3 aromatic rings. The van der Waals surface area contributed by atoms with Crippen LogP contribution in [0.2, 0.25) is 5.02 Å². The Morgan fingerprint density at radius 3 is 2.86 bits per heavy atom.